The minimum absolute atomic E-state index is 0.0139. The molecule has 0 aliphatic carbocycles. The monoisotopic (exact) mass is 334 g/mol. The summed E-state index contributed by atoms with van der Waals surface area (Å²) in [7, 11) is 0. The standard InChI is InChI=1S/C21H22N2O2/c1-15-18-10-6-7-11-20(18)23-16(2)19(15)14-21(24)22-12-13-25-17-8-4-3-5-9-17/h3-11H,12-14H2,1-2H3,(H,22,24). The molecule has 3 aromatic rings. The summed E-state index contributed by atoms with van der Waals surface area (Å²) in [6.45, 7) is 4.94. The molecule has 1 N–H and O–H groups in total. The molecule has 0 spiro atoms. The van der Waals surface area contributed by atoms with Gasteiger partial charge < -0.3 is 10.1 Å². The van der Waals surface area contributed by atoms with Crippen LogP contribution in [0.2, 0.25) is 0 Å². The van der Waals surface area contributed by atoms with E-state index in [-0.39, 0.29) is 5.91 Å². The molecule has 4 heteroatoms. The maximum absolute atomic E-state index is 12.3. The van der Waals surface area contributed by atoms with Crippen molar-refractivity contribution in [3.63, 3.8) is 0 Å². The average molecular weight is 334 g/mol. The van der Waals surface area contributed by atoms with Gasteiger partial charge in [-0.25, -0.2) is 0 Å². The van der Waals surface area contributed by atoms with Gasteiger partial charge in [0.25, 0.3) is 0 Å². The lowest BCUT2D eigenvalue weighted by Gasteiger charge is -2.13. The largest absolute Gasteiger partial charge is 0.492 e. The number of nitrogens with zero attached hydrogens (tertiary/aromatic N) is 1. The average Bonchev–Trinajstić information content (AvgIpc) is 2.63. The fourth-order valence-corrected chi connectivity index (χ4v) is 2.93. The van der Waals surface area contributed by atoms with E-state index in [1.165, 1.54) is 0 Å². The van der Waals surface area contributed by atoms with Crippen molar-refractivity contribution in [2.45, 2.75) is 20.3 Å². The number of nitrogens with one attached hydrogen (secondary N) is 1. The lowest BCUT2D eigenvalue weighted by Crippen LogP contribution is -2.30. The van der Waals surface area contributed by atoms with Gasteiger partial charge in [0.2, 0.25) is 5.91 Å². The van der Waals surface area contributed by atoms with Crippen molar-refractivity contribution >= 4 is 16.8 Å². The minimum Gasteiger partial charge on any atom is -0.492 e. The second kappa shape index (κ2) is 7.79. The van der Waals surface area contributed by atoms with Crippen molar-refractivity contribution in [2.24, 2.45) is 0 Å². The maximum Gasteiger partial charge on any atom is 0.224 e. The molecular weight excluding hydrogens is 312 g/mol. The minimum atomic E-state index is -0.0139. The van der Waals surface area contributed by atoms with E-state index in [1.54, 1.807) is 0 Å². The number of rotatable bonds is 6. The van der Waals surface area contributed by atoms with Crippen LogP contribution < -0.4 is 10.1 Å². The van der Waals surface area contributed by atoms with Crippen LogP contribution in [0.3, 0.4) is 0 Å². The van der Waals surface area contributed by atoms with Gasteiger partial charge in [-0.05, 0) is 43.2 Å². The van der Waals surface area contributed by atoms with Crippen molar-refractivity contribution in [3.8, 4) is 5.75 Å². The van der Waals surface area contributed by atoms with Crippen molar-refractivity contribution in [2.75, 3.05) is 13.2 Å². The predicted molar refractivity (Wildman–Crippen MR) is 99.9 cm³/mol. The molecule has 1 amide bonds. The third-order valence-electron chi connectivity index (χ3n) is 4.26. The molecule has 3 rings (SSSR count). The molecule has 0 saturated carbocycles. The van der Waals surface area contributed by atoms with Gasteiger partial charge in [0.05, 0.1) is 18.5 Å². The fourth-order valence-electron chi connectivity index (χ4n) is 2.93. The van der Waals surface area contributed by atoms with Gasteiger partial charge in [-0.1, -0.05) is 36.4 Å². The smallest absolute Gasteiger partial charge is 0.224 e. The zero-order valence-electron chi connectivity index (χ0n) is 14.6. The van der Waals surface area contributed by atoms with E-state index in [4.69, 9.17) is 4.74 Å². The zero-order valence-corrected chi connectivity index (χ0v) is 14.6. The number of ether oxygens (including phenoxy) is 1. The van der Waals surface area contributed by atoms with E-state index in [9.17, 15) is 4.79 Å². The highest BCUT2D eigenvalue weighted by Gasteiger charge is 2.12. The quantitative estimate of drug-likeness (QED) is 0.701. The van der Waals surface area contributed by atoms with Crippen molar-refractivity contribution < 1.29 is 9.53 Å². The van der Waals surface area contributed by atoms with Crippen LogP contribution in [0.15, 0.2) is 54.6 Å². The van der Waals surface area contributed by atoms with Crippen molar-refractivity contribution in [1.29, 1.82) is 0 Å². The zero-order chi connectivity index (χ0) is 17.6. The molecule has 0 atom stereocenters. The Morgan fingerprint density at radius 2 is 1.76 bits per heavy atom. The number of fused-ring (bicyclic) bond motifs is 1. The number of hydrogen-bond acceptors (Lipinski definition) is 3. The third kappa shape index (κ3) is 4.15. The lowest BCUT2D eigenvalue weighted by atomic mass is 9.99. The SMILES string of the molecule is Cc1nc2ccccc2c(C)c1CC(=O)NCCOc1ccccc1. The number of aryl methyl sites for hydroxylation is 2. The van der Waals surface area contributed by atoms with Crippen LogP contribution in [-0.2, 0) is 11.2 Å². The fraction of sp³-hybridized carbons (Fsp3) is 0.238. The van der Waals surface area contributed by atoms with E-state index in [0.717, 1.165) is 33.5 Å². The van der Waals surface area contributed by atoms with E-state index in [1.807, 2.05) is 61.5 Å². The number of benzene rings is 2. The summed E-state index contributed by atoms with van der Waals surface area (Å²) in [4.78, 5) is 16.9. The topological polar surface area (TPSA) is 51.2 Å². The third-order valence-corrected chi connectivity index (χ3v) is 4.26. The summed E-state index contributed by atoms with van der Waals surface area (Å²) in [5.41, 5.74) is 4.00. The highest BCUT2D eigenvalue weighted by Crippen LogP contribution is 2.22. The maximum atomic E-state index is 12.3. The van der Waals surface area contributed by atoms with E-state index >= 15 is 0 Å². The first kappa shape index (κ1) is 17.0. The number of carbonyl (C=O) groups excluding carboxylic acids is 1. The van der Waals surface area contributed by atoms with Gasteiger partial charge in [0.1, 0.15) is 12.4 Å². The molecule has 0 aliphatic rings. The Balaban J connectivity index is 1.58. The normalized spacial score (nSPS) is 10.6. The Bertz CT molecular complexity index is 876. The molecule has 0 bridgehead atoms. The summed E-state index contributed by atoms with van der Waals surface area (Å²) >= 11 is 0. The molecule has 0 aliphatic heterocycles. The number of para-hydroxylation sites is 2. The molecule has 1 aromatic heterocycles. The second-order valence-electron chi connectivity index (χ2n) is 6.01. The number of aromatic nitrogens is 1. The number of amides is 1. The van der Waals surface area contributed by atoms with Gasteiger partial charge in [0.15, 0.2) is 0 Å². The Morgan fingerprint density at radius 3 is 2.56 bits per heavy atom. The summed E-state index contributed by atoms with van der Waals surface area (Å²) < 4.78 is 5.58. The lowest BCUT2D eigenvalue weighted by molar-refractivity contribution is -0.120. The Kier molecular flexibility index (Phi) is 5.29. The molecule has 0 unspecified atom stereocenters. The van der Waals surface area contributed by atoms with Crippen LogP contribution in [0, 0.1) is 13.8 Å². The summed E-state index contributed by atoms with van der Waals surface area (Å²) in [5.74, 6) is 0.794. The molecule has 2 aromatic carbocycles. The Labute approximate surface area is 147 Å². The highest BCUT2D eigenvalue weighted by molar-refractivity contribution is 5.86. The highest BCUT2D eigenvalue weighted by atomic mass is 16.5. The number of carbonyl (C=O) groups is 1. The predicted octanol–water partition coefficient (Wildman–Crippen LogP) is 3.59. The van der Waals surface area contributed by atoms with Gasteiger partial charge in [0, 0.05) is 11.1 Å². The Hall–Kier alpha value is -2.88. The summed E-state index contributed by atoms with van der Waals surface area (Å²) in [6.07, 6.45) is 0.334. The summed E-state index contributed by atoms with van der Waals surface area (Å²) in [5, 5.41) is 4.01. The molecule has 0 fully saturated rings. The van der Waals surface area contributed by atoms with Crippen molar-refractivity contribution in [1.82, 2.24) is 10.3 Å². The first-order valence-electron chi connectivity index (χ1n) is 8.44. The molecular formula is C21H22N2O2. The molecule has 0 saturated heterocycles. The van der Waals surface area contributed by atoms with Crippen LogP contribution in [0.1, 0.15) is 16.8 Å². The number of pyridine rings is 1. The van der Waals surface area contributed by atoms with Crippen molar-refractivity contribution in [3.05, 3.63) is 71.4 Å². The van der Waals surface area contributed by atoms with Crippen LogP contribution in [0.5, 0.6) is 5.75 Å². The number of hydrogen-bond donors (Lipinski definition) is 1. The van der Waals surface area contributed by atoms with E-state index in [2.05, 4.69) is 17.2 Å². The summed E-state index contributed by atoms with van der Waals surface area (Å²) in [6, 6.07) is 17.6. The van der Waals surface area contributed by atoms with Gasteiger partial charge in [-0.2, -0.15) is 0 Å². The molecule has 0 radical (unpaired) electrons. The molecule has 1 heterocycles. The first-order valence-corrected chi connectivity index (χ1v) is 8.44. The molecule has 4 nitrogen and oxygen atoms in total. The van der Waals surface area contributed by atoms with Gasteiger partial charge in [-0.15, -0.1) is 0 Å². The second-order valence-corrected chi connectivity index (χ2v) is 6.01. The van der Waals surface area contributed by atoms with Crippen LogP contribution in [0.25, 0.3) is 10.9 Å². The first-order chi connectivity index (χ1) is 12.1. The van der Waals surface area contributed by atoms with E-state index < -0.39 is 0 Å². The van der Waals surface area contributed by atoms with Crippen LogP contribution in [0.4, 0.5) is 0 Å². The van der Waals surface area contributed by atoms with Gasteiger partial charge in [-0.3, -0.25) is 9.78 Å². The Morgan fingerprint density at radius 1 is 1.04 bits per heavy atom. The molecule has 25 heavy (non-hydrogen) atoms. The van der Waals surface area contributed by atoms with Crippen LogP contribution >= 0.6 is 0 Å². The van der Waals surface area contributed by atoms with Crippen LogP contribution in [-0.4, -0.2) is 24.0 Å². The van der Waals surface area contributed by atoms with E-state index in [0.29, 0.717) is 19.6 Å². The van der Waals surface area contributed by atoms with Gasteiger partial charge >= 0.3 is 0 Å². The molecule has 128 valence electrons.